The molecule has 0 saturated carbocycles. The van der Waals surface area contributed by atoms with E-state index in [0.717, 1.165) is 25.2 Å². The van der Waals surface area contributed by atoms with Crippen LogP contribution >= 0.6 is 0 Å². The summed E-state index contributed by atoms with van der Waals surface area (Å²) in [7, 11) is 0. The summed E-state index contributed by atoms with van der Waals surface area (Å²) in [5, 5.41) is 3.35. The molecule has 0 atom stereocenters. The quantitative estimate of drug-likeness (QED) is 0.852. The first-order chi connectivity index (χ1) is 9.55. The van der Waals surface area contributed by atoms with E-state index in [1.54, 1.807) is 0 Å². The van der Waals surface area contributed by atoms with E-state index in [1.807, 2.05) is 12.1 Å². The Hall–Kier alpha value is -1.23. The summed E-state index contributed by atoms with van der Waals surface area (Å²) in [4.78, 5) is 2.12. The lowest BCUT2D eigenvalue weighted by molar-refractivity contribution is -0.179. The van der Waals surface area contributed by atoms with Crippen molar-refractivity contribution in [3.05, 3.63) is 29.3 Å². The largest absolute Gasteiger partial charge is 0.391 e. The minimum atomic E-state index is -4.04. The SMILES string of the molecule is FC(F)(F)C1CCN(c2cccc3c2CNCC3)CC1. The number of nitrogens with one attached hydrogen (secondary N) is 1. The highest BCUT2D eigenvalue weighted by Crippen LogP contribution is 2.36. The van der Waals surface area contributed by atoms with Crippen LogP contribution in [0.4, 0.5) is 18.9 Å². The van der Waals surface area contributed by atoms with Gasteiger partial charge in [0.15, 0.2) is 0 Å². The van der Waals surface area contributed by atoms with Crippen LogP contribution in [0.5, 0.6) is 0 Å². The van der Waals surface area contributed by atoms with Gasteiger partial charge in [-0.15, -0.1) is 0 Å². The van der Waals surface area contributed by atoms with Gasteiger partial charge < -0.3 is 10.2 Å². The maximum atomic E-state index is 12.7. The molecule has 2 aliphatic heterocycles. The van der Waals surface area contributed by atoms with E-state index < -0.39 is 12.1 Å². The molecule has 0 aliphatic carbocycles. The lowest BCUT2D eigenvalue weighted by Gasteiger charge is -2.36. The molecule has 5 heteroatoms. The Morgan fingerprint density at radius 1 is 1.15 bits per heavy atom. The number of hydrogen-bond donors (Lipinski definition) is 1. The summed E-state index contributed by atoms with van der Waals surface area (Å²) >= 11 is 0. The summed E-state index contributed by atoms with van der Waals surface area (Å²) < 4.78 is 38.1. The van der Waals surface area contributed by atoms with E-state index in [1.165, 1.54) is 11.1 Å². The summed E-state index contributed by atoms with van der Waals surface area (Å²) in [5.41, 5.74) is 3.72. The molecule has 2 nitrogen and oxygen atoms in total. The van der Waals surface area contributed by atoms with Crippen LogP contribution in [-0.2, 0) is 13.0 Å². The number of halogens is 3. The van der Waals surface area contributed by atoms with E-state index >= 15 is 0 Å². The van der Waals surface area contributed by atoms with Gasteiger partial charge in [-0.05, 0) is 43.0 Å². The number of fused-ring (bicyclic) bond motifs is 1. The molecule has 1 aromatic carbocycles. The van der Waals surface area contributed by atoms with E-state index in [4.69, 9.17) is 0 Å². The van der Waals surface area contributed by atoms with Crippen LogP contribution in [0, 0.1) is 5.92 Å². The van der Waals surface area contributed by atoms with E-state index in [-0.39, 0.29) is 12.8 Å². The average molecular weight is 284 g/mol. The number of rotatable bonds is 1. The molecule has 1 saturated heterocycles. The Kier molecular flexibility index (Phi) is 3.63. The Labute approximate surface area is 117 Å². The second kappa shape index (κ2) is 5.28. The van der Waals surface area contributed by atoms with Gasteiger partial charge in [0.05, 0.1) is 5.92 Å². The van der Waals surface area contributed by atoms with Gasteiger partial charge in [0.1, 0.15) is 0 Å². The predicted octanol–water partition coefficient (Wildman–Crippen LogP) is 3.11. The first kappa shape index (κ1) is 13.7. The number of nitrogens with zero attached hydrogens (tertiary/aromatic N) is 1. The summed E-state index contributed by atoms with van der Waals surface area (Å²) in [6, 6.07) is 6.19. The van der Waals surface area contributed by atoms with Gasteiger partial charge in [-0.1, -0.05) is 12.1 Å². The van der Waals surface area contributed by atoms with Crippen molar-refractivity contribution in [1.29, 1.82) is 0 Å². The van der Waals surface area contributed by atoms with Crippen molar-refractivity contribution < 1.29 is 13.2 Å². The van der Waals surface area contributed by atoms with E-state index in [9.17, 15) is 13.2 Å². The Morgan fingerprint density at radius 2 is 1.90 bits per heavy atom. The van der Waals surface area contributed by atoms with E-state index in [0.29, 0.717) is 13.1 Å². The minimum absolute atomic E-state index is 0.209. The number of alkyl halides is 3. The predicted molar refractivity (Wildman–Crippen MR) is 72.8 cm³/mol. The number of anilines is 1. The molecule has 1 aromatic rings. The first-order valence-corrected chi connectivity index (χ1v) is 7.19. The van der Waals surface area contributed by atoms with Gasteiger partial charge in [0.2, 0.25) is 0 Å². The fourth-order valence-corrected chi connectivity index (χ4v) is 3.24. The molecule has 3 rings (SSSR count). The highest BCUT2D eigenvalue weighted by atomic mass is 19.4. The van der Waals surface area contributed by atoms with Crippen LogP contribution < -0.4 is 10.2 Å². The maximum Gasteiger partial charge on any atom is 0.391 e. The first-order valence-electron chi connectivity index (χ1n) is 7.19. The molecular formula is C15H19F3N2. The number of benzene rings is 1. The van der Waals surface area contributed by atoms with Crippen molar-refractivity contribution >= 4 is 5.69 Å². The smallest absolute Gasteiger partial charge is 0.371 e. The third-order valence-corrected chi connectivity index (χ3v) is 4.42. The van der Waals surface area contributed by atoms with Gasteiger partial charge in [-0.25, -0.2) is 0 Å². The average Bonchev–Trinajstić information content (AvgIpc) is 2.46. The van der Waals surface area contributed by atoms with Gasteiger partial charge in [-0.3, -0.25) is 0 Å². The van der Waals surface area contributed by atoms with Crippen LogP contribution in [0.25, 0.3) is 0 Å². The van der Waals surface area contributed by atoms with Gasteiger partial charge in [-0.2, -0.15) is 13.2 Å². The second-order valence-corrected chi connectivity index (χ2v) is 5.64. The second-order valence-electron chi connectivity index (χ2n) is 5.64. The summed E-state index contributed by atoms with van der Waals surface area (Å²) in [5.74, 6) is -1.13. The molecule has 110 valence electrons. The zero-order chi connectivity index (χ0) is 14.2. The van der Waals surface area contributed by atoms with Crippen molar-refractivity contribution in [3.63, 3.8) is 0 Å². The molecular weight excluding hydrogens is 265 g/mol. The fourth-order valence-electron chi connectivity index (χ4n) is 3.24. The standard InChI is InChI=1S/C15H19F3N2/c16-15(17,18)12-5-8-20(9-6-12)14-3-1-2-11-4-7-19-10-13(11)14/h1-3,12,19H,4-10H2. The zero-order valence-corrected chi connectivity index (χ0v) is 11.3. The zero-order valence-electron chi connectivity index (χ0n) is 11.3. The molecule has 1 N–H and O–H groups in total. The highest BCUT2D eigenvalue weighted by molar-refractivity contribution is 5.57. The topological polar surface area (TPSA) is 15.3 Å². The number of hydrogen-bond acceptors (Lipinski definition) is 2. The molecule has 1 fully saturated rings. The molecule has 0 spiro atoms. The van der Waals surface area contributed by atoms with Gasteiger partial charge in [0, 0.05) is 25.3 Å². The van der Waals surface area contributed by atoms with Crippen LogP contribution in [0.3, 0.4) is 0 Å². The van der Waals surface area contributed by atoms with Crippen molar-refractivity contribution in [2.75, 3.05) is 24.5 Å². The monoisotopic (exact) mass is 284 g/mol. The van der Waals surface area contributed by atoms with Crippen LogP contribution in [0.1, 0.15) is 24.0 Å². The molecule has 0 aromatic heterocycles. The van der Waals surface area contributed by atoms with Crippen molar-refractivity contribution in [1.82, 2.24) is 5.32 Å². The van der Waals surface area contributed by atoms with E-state index in [2.05, 4.69) is 16.3 Å². The van der Waals surface area contributed by atoms with Crippen LogP contribution in [-0.4, -0.2) is 25.8 Å². The maximum absolute atomic E-state index is 12.7. The van der Waals surface area contributed by atoms with Crippen molar-refractivity contribution in [2.24, 2.45) is 5.92 Å². The Balaban J connectivity index is 1.76. The van der Waals surface area contributed by atoms with Gasteiger partial charge in [0.25, 0.3) is 0 Å². The fraction of sp³-hybridized carbons (Fsp3) is 0.600. The molecule has 2 aliphatic rings. The third kappa shape index (κ3) is 2.64. The lowest BCUT2D eigenvalue weighted by Crippen LogP contribution is -2.40. The summed E-state index contributed by atoms with van der Waals surface area (Å²) in [6.07, 6.45) is -2.62. The molecule has 0 bridgehead atoms. The molecule has 0 amide bonds. The third-order valence-electron chi connectivity index (χ3n) is 4.42. The Morgan fingerprint density at radius 3 is 2.60 bits per heavy atom. The normalized spacial score (nSPS) is 20.9. The van der Waals surface area contributed by atoms with Gasteiger partial charge >= 0.3 is 6.18 Å². The molecule has 0 unspecified atom stereocenters. The van der Waals surface area contributed by atoms with Crippen LogP contribution in [0.15, 0.2) is 18.2 Å². The summed E-state index contributed by atoms with van der Waals surface area (Å²) in [6.45, 7) is 2.80. The molecule has 0 radical (unpaired) electrons. The Bertz CT molecular complexity index is 476. The molecule has 2 heterocycles. The molecule has 20 heavy (non-hydrogen) atoms. The van der Waals surface area contributed by atoms with Crippen molar-refractivity contribution in [3.8, 4) is 0 Å². The lowest BCUT2D eigenvalue weighted by atomic mass is 9.93. The minimum Gasteiger partial charge on any atom is -0.371 e. The van der Waals surface area contributed by atoms with Crippen molar-refractivity contribution in [2.45, 2.75) is 32.0 Å². The number of piperidine rings is 1. The highest BCUT2D eigenvalue weighted by Gasteiger charge is 2.41. The van der Waals surface area contributed by atoms with Crippen LogP contribution in [0.2, 0.25) is 0 Å².